The fourth-order valence-electron chi connectivity index (χ4n) is 6.95. The van der Waals surface area contributed by atoms with Crippen LogP contribution in [-0.2, 0) is 19.2 Å². The maximum absolute atomic E-state index is 15.4. The molecule has 3 N–H and O–H groups in total. The zero-order chi connectivity index (χ0) is 31.6. The molecule has 9 nitrogen and oxygen atoms in total. The highest BCUT2D eigenvalue weighted by molar-refractivity contribution is 5.98. The number of carbonyl (C=O) groups is 4. The van der Waals surface area contributed by atoms with Crippen LogP contribution in [0.1, 0.15) is 49.9 Å². The summed E-state index contributed by atoms with van der Waals surface area (Å²) in [5.41, 5.74) is 3.70. The Morgan fingerprint density at radius 1 is 1.14 bits per heavy atom. The Hall–Kier alpha value is -4.12. The van der Waals surface area contributed by atoms with E-state index in [9.17, 15) is 24.3 Å². The van der Waals surface area contributed by atoms with Gasteiger partial charge in [-0.1, -0.05) is 32.0 Å². The molecule has 2 heterocycles. The average molecular weight is 595 g/mol. The second kappa shape index (κ2) is 10.6. The van der Waals surface area contributed by atoms with Gasteiger partial charge >= 0.3 is 5.97 Å². The molecule has 0 aromatic heterocycles. The van der Waals surface area contributed by atoms with Crippen LogP contribution in [0.15, 0.2) is 42.5 Å². The van der Waals surface area contributed by atoms with Crippen molar-refractivity contribution >= 4 is 23.7 Å². The van der Waals surface area contributed by atoms with E-state index in [1.54, 1.807) is 6.92 Å². The molecule has 0 radical (unpaired) electrons. The lowest BCUT2D eigenvalue weighted by Crippen LogP contribution is -2.64. The number of rotatable bonds is 7. The summed E-state index contributed by atoms with van der Waals surface area (Å²) in [6, 6.07) is 5.58. The lowest BCUT2D eigenvalue weighted by molar-refractivity contribution is -0.148. The van der Waals surface area contributed by atoms with Crippen molar-refractivity contribution in [2.45, 2.75) is 58.7 Å². The van der Waals surface area contributed by atoms with E-state index in [2.05, 4.69) is 10.7 Å². The lowest BCUT2D eigenvalue weighted by atomic mass is 9.91. The Morgan fingerprint density at radius 3 is 2.40 bits per heavy atom. The van der Waals surface area contributed by atoms with Crippen LogP contribution in [0.5, 0.6) is 0 Å². The van der Waals surface area contributed by atoms with E-state index in [0.717, 1.165) is 17.2 Å². The third kappa shape index (κ3) is 5.20. The highest BCUT2D eigenvalue weighted by atomic mass is 19.2. The first-order chi connectivity index (χ1) is 20.1. The van der Waals surface area contributed by atoms with Crippen LogP contribution < -0.4 is 10.7 Å². The van der Waals surface area contributed by atoms with Gasteiger partial charge in [0, 0.05) is 25.2 Å². The summed E-state index contributed by atoms with van der Waals surface area (Å²) in [5.74, 6) is -5.35. The molecule has 3 aliphatic rings. The topological polar surface area (TPSA) is 119 Å². The SMILES string of the molecule is Cc1cccc(C)c1-c1cc(F)c(F)c([C@H](CC(=O)O)NC(=O)[C@@H]2C3C(CN2C(=O)C2(C)C=CC(=O)N(C)N2)C3(C)C)c1. The third-order valence-corrected chi connectivity index (χ3v) is 9.37. The predicted octanol–water partition coefficient (Wildman–Crippen LogP) is 3.66. The monoisotopic (exact) mass is 594 g/mol. The largest absolute Gasteiger partial charge is 0.481 e. The van der Waals surface area contributed by atoms with Crippen LogP contribution in [0.4, 0.5) is 8.78 Å². The van der Waals surface area contributed by atoms with Crippen molar-refractivity contribution in [3.8, 4) is 11.1 Å². The van der Waals surface area contributed by atoms with Gasteiger partial charge in [-0.25, -0.2) is 14.2 Å². The number of likely N-dealkylation sites (N-methyl/N-ethyl adjacent to an activating group) is 1. The van der Waals surface area contributed by atoms with Crippen LogP contribution in [0.3, 0.4) is 0 Å². The van der Waals surface area contributed by atoms with Crippen molar-refractivity contribution in [3.05, 3.63) is 70.8 Å². The van der Waals surface area contributed by atoms with E-state index >= 15 is 8.78 Å². The van der Waals surface area contributed by atoms with Gasteiger partial charge in [-0.15, -0.1) is 0 Å². The number of amides is 3. The molecule has 1 saturated heterocycles. The number of hydrogen-bond donors (Lipinski definition) is 3. The summed E-state index contributed by atoms with van der Waals surface area (Å²) in [4.78, 5) is 53.2. The maximum Gasteiger partial charge on any atom is 0.305 e. The molecule has 2 aromatic carbocycles. The Labute approximate surface area is 248 Å². The number of piperidine rings is 1. The second-order valence-corrected chi connectivity index (χ2v) is 12.7. The molecular formula is C32H36F2N4O5. The molecule has 2 fully saturated rings. The third-order valence-electron chi connectivity index (χ3n) is 9.37. The number of carbonyl (C=O) groups excluding carboxylic acids is 3. The van der Waals surface area contributed by atoms with Crippen LogP contribution in [0.25, 0.3) is 11.1 Å². The van der Waals surface area contributed by atoms with E-state index in [4.69, 9.17) is 0 Å². The fourth-order valence-corrected chi connectivity index (χ4v) is 6.95. The summed E-state index contributed by atoms with van der Waals surface area (Å²) >= 11 is 0. The molecule has 0 bridgehead atoms. The molecule has 1 aliphatic carbocycles. The van der Waals surface area contributed by atoms with Crippen molar-refractivity contribution in [1.82, 2.24) is 20.7 Å². The molecule has 5 rings (SSSR count). The Balaban J connectivity index is 1.50. The molecule has 0 spiro atoms. The van der Waals surface area contributed by atoms with Gasteiger partial charge in [0.05, 0.1) is 12.5 Å². The quantitative estimate of drug-likeness (QED) is 0.451. The molecule has 228 valence electrons. The number of aryl methyl sites for hydroxylation is 2. The number of nitrogens with zero attached hydrogens (tertiary/aromatic N) is 2. The van der Waals surface area contributed by atoms with Crippen LogP contribution in [-0.4, -0.2) is 63.9 Å². The van der Waals surface area contributed by atoms with Gasteiger partial charge in [-0.2, -0.15) is 0 Å². The summed E-state index contributed by atoms with van der Waals surface area (Å²) in [6.07, 6.45) is 2.03. The lowest BCUT2D eigenvalue weighted by Gasteiger charge is -2.40. The number of fused-ring (bicyclic) bond motifs is 1. The first-order valence-electron chi connectivity index (χ1n) is 14.2. The van der Waals surface area contributed by atoms with Crippen molar-refractivity contribution in [2.75, 3.05) is 13.6 Å². The standard InChI is InChI=1S/C32H36F2N4O5/c1-16-8-7-9-17(2)25(16)18-12-19(27(34)21(33)13-18)22(14-24(40)41)35-29(42)28-26-20(31(26,3)4)15-38(28)30(43)32(5)11-10-23(39)37(6)36-32/h7-13,20,22,26,28,36H,14-15H2,1-6H3,(H,35,42)(H,40,41)/t20?,22-,26?,28-,32?/m0/s1. The van der Waals surface area contributed by atoms with Gasteiger partial charge in [-0.3, -0.25) is 24.2 Å². The van der Waals surface area contributed by atoms with Crippen molar-refractivity contribution in [1.29, 1.82) is 0 Å². The molecule has 5 atom stereocenters. The van der Waals surface area contributed by atoms with Crippen LogP contribution in [0.2, 0.25) is 0 Å². The van der Waals surface area contributed by atoms with Crippen molar-refractivity contribution in [3.63, 3.8) is 0 Å². The highest BCUT2D eigenvalue weighted by Gasteiger charge is 2.70. The fraction of sp³-hybridized carbons (Fsp3) is 0.438. The summed E-state index contributed by atoms with van der Waals surface area (Å²) in [6.45, 7) is 9.55. The number of nitrogens with one attached hydrogen (secondary N) is 2. The normalized spacial score (nSPS) is 26.2. The van der Waals surface area contributed by atoms with Crippen LogP contribution in [0, 0.1) is 42.7 Å². The number of hydrazine groups is 1. The molecule has 1 saturated carbocycles. The average Bonchev–Trinajstić information content (AvgIpc) is 3.24. The number of likely N-dealkylation sites (tertiary alicyclic amines) is 1. The minimum absolute atomic E-state index is 0.0159. The first kappa shape index (κ1) is 30.3. The molecule has 2 aliphatic heterocycles. The van der Waals surface area contributed by atoms with Crippen molar-refractivity contribution < 1.29 is 33.1 Å². The van der Waals surface area contributed by atoms with Gasteiger partial charge in [0.1, 0.15) is 11.6 Å². The van der Waals surface area contributed by atoms with Gasteiger partial charge in [0.15, 0.2) is 11.6 Å². The van der Waals surface area contributed by atoms with Crippen LogP contribution >= 0.6 is 0 Å². The number of halogens is 2. The van der Waals surface area contributed by atoms with E-state index in [0.29, 0.717) is 11.1 Å². The Bertz CT molecular complexity index is 1550. The molecule has 43 heavy (non-hydrogen) atoms. The smallest absolute Gasteiger partial charge is 0.305 e. The maximum atomic E-state index is 15.4. The first-order valence-corrected chi connectivity index (χ1v) is 14.2. The van der Waals surface area contributed by atoms with E-state index in [1.165, 1.54) is 35.2 Å². The molecule has 2 aromatic rings. The van der Waals surface area contributed by atoms with E-state index in [-0.39, 0.29) is 35.3 Å². The predicted molar refractivity (Wildman–Crippen MR) is 154 cm³/mol. The van der Waals surface area contributed by atoms with Gasteiger partial charge in [0.25, 0.3) is 5.91 Å². The van der Waals surface area contributed by atoms with E-state index < -0.39 is 53.5 Å². The zero-order valence-corrected chi connectivity index (χ0v) is 25.0. The number of hydrogen-bond acceptors (Lipinski definition) is 5. The molecule has 3 unspecified atom stereocenters. The zero-order valence-electron chi connectivity index (χ0n) is 25.0. The molecule has 11 heteroatoms. The van der Waals surface area contributed by atoms with Gasteiger partial charge in [-0.05, 0) is 78.5 Å². The summed E-state index contributed by atoms with van der Waals surface area (Å²) < 4.78 is 30.4. The van der Waals surface area contributed by atoms with Gasteiger partial charge < -0.3 is 15.3 Å². The van der Waals surface area contributed by atoms with E-state index in [1.807, 2.05) is 45.9 Å². The highest BCUT2D eigenvalue weighted by Crippen LogP contribution is 2.65. The molecule has 3 amide bonds. The number of carboxylic acid groups (broad SMARTS) is 1. The van der Waals surface area contributed by atoms with Gasteiger partial charge in [0.2, 0.25) is 11.8 Å². The number of aliphatic carboxylic acids is 1. The second-order valence-electron chi connectivity index (χ2n) is 12.7. The Morgan fingerprint density at radius 2 is 1.79 bits per heavy atom. The Kier molecular flexibility index (Phi) is 7.44. The number of carboxylic acids is 1. The summed E-state index contributed by atoms with van der Waals surface area (Å²) in [7, 11) is 1.49. The summed E-state index contributed by atoms with van der Waals surface area (Å²) in [5, 5.41) is 13.6. The number of benzene rings is 2. The minimum Gasteiger partial charge on any atom is -0.481 e. The minimum atomic E-state index is -1.41. The molecular weight excluding hydrogens is 558 g/mol. The van der Waals surface area contributed by atoms with Crippen molar-refractivity contribution in [2.24, 2.45) is 17.3 Å².